The topological polar surface area (TPSA) is 99.1 Å². The monoisotopic (exact) mass is 799 g/mol. The van der Waals surface area contributed by atoms with Crippen LogP contribution in [0.5, 0.6) is 0 Å². The highest BCUT2D eigenvalue weighted by atomic mass is 16.6. The molecule has 0 aliphatic carbocycles. The van der Waals surface area contributed by atoms with Crippen LogP contribution in [0, 0.1) is 0 Å². The zero-order valence-electron chi connectivity index (χ0n) is 37.0. The van der Waals surface area contributed by atoms with E-state index >= 15 is 0 Å². The molecule has 0 aromatic carbocycles. The van der Waals surface area contributed by atoms with E-state index in [1.807, 2.05) is 27.2 Å². The maximum absolute atomic E-state index is 12.7. The van der Waals surface area contributed by atoms with Gasteiger partial charge in [0.25, 0.3) is 0 Å². The van der Waals surface area contributed by atoms with Crippen LogP contribution in [0.4, 0.5) is 0 Å². The number of nitrogens with zero attached hydrogens (tertiary/aromatic N) is 1. The molecule has 57 heavy (non-hydrogen) atoms. The molecular weight excluding hydrogens is 715 g/mol. The van der Waals surface area contributed by atoms with Crippen LogP contribution < -0.4 is 0 Å². The molecule has 1 N–H and O–H groups in total. The van der Waals surface area contributed by atoms with Crippen molar-refractivity contribution in [3.8, 4) is 0 Å². The van der Waals surface area contributed by atoms with Crippen LogP contribution in [-0.2, 0) is 28.6 Å². The molecule has 0 aromatic rings. The number of esters is 2. The predicted octanol–water partition coefficient (Wildman–Crippen LogP) is 12.4. The first kappa shape index (κ1) is 53.8. The summed E-state index contributed by atoms with van der Waals surface area (Å²) in [5.41, 5.74) is 0. The van der Waals surface area contributed by atoms with Gasteiger partial charge >= 0.3 is 17.9 Å². The predicted molar refractivity (Wildman–Crippen MR) is 238 cm³/mol. The standard InChI is InChI=1S/C49H83NO7/c1-6-8-10-12-14-16-18-20-22-23-24-26-28-30-32-34-36-38-40-48(52)57-45(43-55-42-41-46(49(53)54)50(3,4)5)44-56-47(51)39-37-35-33-31-29-27-25-21-19-17-15-13-11-9-7-2/h14-24,26,45-46H,6-13,25,27-44H2,1-5H3/p+1/b16-14+,17-15+,20-18+,21-19+,23-22+,26-24+. The smallest absolute Gasteiger partial charge is 0.362 e. The number of carboxylic acids is 1. The minimum atomic E-state index is -0.884. The molecular formula is C49H84NO7+. The summed E-state index contributed by atoms with van der Waals surface area (Å²) in [7, 11) is 5.51. The lowest BCUT2D eigenvalue weighted by atomic mass is 10.1. The summed E-state index contributed by atoms with van der Waals surface area (Å²) in [6.07, 6.45) is 49.3. The van der Waals surface area contributed by atoms with Crippen molar-refractivity contribution in [3.63, 3.8) is 0 Å². The largest absolute Gasteiger partial charge is 0.477 e. The Bertz CT molecular complexity index is 1160. The van der Waals surface area contributed by atoms with Gasteiger partial charge < -0.3 is 23.8 Å². The first-order chi connectivity index (χ1) is 27.6. The third-order valence-electron chi connectivity index (χ3n) is 9.70. The summed E-state index contributed by atoms with van der Waals surface area (Å²) in [6, 6.07) is -0.624. The summed E-state index contributed by atoms with van der Waals surface area (Å²) >= 11 is 0. The minimum absolute atomic E-state index is 0.0438. The molecule has 0 spiro atoms. The second-order valence-electron chi connectivity index (χ2n) is 16.1. The number of hydrogen-bond donors (Lipinski definition) is 1. The van der Waals surface area contributed by atoms with E-state index in [0.717, 1.165) is 83.5 Å². The fraction of sp³-hybridized carbons (Fsp3) is 0.694. The number of hydrogen-bond acceptors (Lipinski definition) is 6. The molecule has 2 atom stereocenters. The lowest BCUT2D eigenvalue weighted by Crippen LogP contribution is -2.50. The molecule has 0 rings (SSSR count). The molecule has 0 radical (unpaired) electrons. The highest BCUT2D eigenvalue weighted by Crippen LogP contribution is 2.13. The van der Waals surface area contributed by atoms with Gasteiger partial charge in [-0.1, -0.05) is 157 Å². The summed E-state index contributed by atoms with van der Waals surface area (Å²) in [6.45, 7) is 4.62. The Kier molecular flexibility index (Phi) is 37.3. The Morgan fingerprint density at radius 1 is 0.526 bits per heavy atom. The van der Waals surface area contributed by atoms with Crippen molar-refractivity contribution in [3.05, 3.63) is 72.9 Å². The number of carbonyl (C=O) groups is 3. The summed E-state index contributed by atoms with van der Waals surface area (Å²) in [5.74, 6) is -1.52. The first-order valence-corrected chi connectivity index (χ1v) is 22.5. The van der Waals surface area contributed by atoms with E-state index in [9.17, 15) is 19.5 Å². The Hall–Kier alpha value is -3.23. The normalized spacial score (nSPS) is 13.6. The van der Waals surface area contributed by atoms with Gasteiger partial charge in [0.05, 0.1) is 34.4 Å². The van der Waals surface area contributed by atoms with Crippen LogP contribution in [0.2, 0.25) is 0 Å². The lowest BCUT2D eigenvalue weighted by Gasteiger charge is -2.31. The number of quaternary nitrogens is 1. The fourth-order valence-electron chi connectivity index (χ4n) is 6.15. The van der Waals surface area contributed by atoms with Crippen molar-refractivity contribution in [2.24, 2.45) is 0 Å². The van der Waals surface area contributed by atoms with Crippen molar-refractivity contribution in [2.45, 2.75) is 180 Å². The highest BCUT2D eigenvalue weighted by molar-refractivity contribution is 5.72. The highest BCUT2D eigenvalue weighted by Gasteiger charge is 2.31. The zero-order valence-corrected chi connectivity index (χ0v) is 37.0. The molecule has 2 unspecified atom stereocenters. The second-order valence-corrected chi connectivity index (χ2v) is 16.1. The van der Waals surface area contributed by atoms with Crippen LogP contribution >= 0.6 is 0 Å². The van der Waals surface area contributed by atoms with Gasteiger partial charge in [0, 0.05) is 19.3 Å². The van der Waals surface area contributed by atoms with E-state index in [1.54, 1.807) is 0 Å². The average Bonchev–Trinajstić information content (AvgIpc) is 3.17. The molecule has 8 heteroatoms. The van der Waals surface area contributed by atoms with E-state index in [4.69, 9.17) is 14.2 Å². The van der Waals surface area contributed by atoms with E-state index in [-0.39, 0.29) is 36.2 Å². The van der Waals surface area contributed by atoms with Gasteiger partial charge in [0.2, 0.25) is 0 Å². The van der Waals surface area contributed by atoms with Crippen LogP contribution in [0.3, 0.4) is 0 Å². The number of carbonyl (C=O) groups excluding carboxylic acids is 2. The van der Waals surface area contributed by atoms with Gasteiger partial charge in [-0.25, -0.2) is 4.79 Å². The van der Waals surface area contributed by atoms with Gasteiger partial charge in [-0.15, -0.1) is 0 Å². The van der Waals surface area contributed by atoms with Crippen molar-refractivity contribution >= 4 is 17.9 Å². The van der Waals surface area contributed by atoms with Crippen molar-refractivity contribution in [2.75, 3.05) is 41.0 Å². The molecule has 0 aliphatic heterocycles. The summed E-state index contributed by atoms with van der Waals surface area (Å²) in [5, 5.41) is 9.62. The van der Waals surface area contributed by atoms with Gasteiger partial charge in [-0.3, -0.25) is 9.59 Å². The molecule has 0 aliphatic rings. The third-order valence-corrected chi connectivity index (χ3v) is 9.70. The van der Waals surface area contributed by atoms with Gasteiger partial charge in [-0.05, 0) is 64.2 Å². The molecule has 0 amide bonds. The number of carboxylic acid groups (broad SMARTS) is 1. The van der Waals surface area contributed by atoms with Gasteiger partial charge in [0.15, 0.2) is 12.1 Å². The quantitative estimate of drug-likeness (QED) is 0.0286. The van der Waals surface area contributed by atoms with E-state index in [0.29, 0.717) is 19.3 Å². The SMILES string of the molecule is CCCCC/C=C/C=C/C=C/C=C/CCCCCCCC(=O)OC(COCCC(C(=O)O)[N+](C)(C)C)COC(=O)CCCCCCCC/C=C/C=C/CCCCC. The van der Waals surface area contributed by atoms with Crippen LogP contribution in [0.1, 0.15) is 168 Å². The Morgan fingerprint density at radius 3 is 1.39 bits per heavy atom. The molecule has 0 aromatic heterocycles. The lowest BCUT2D eigenvalue weighted by molar-refractivity contribution is -0.887. The number of rotatable bonds is 39. The maximum atomic E-state index is 12.7. The molecule has 0 fully saturated rings. The van der Waals surface area contributed by atoms with Gasteiger partial charge in [0.1, 0.15) is 6.61 Å². The Balaban J connectivity index is 4.43. The third kappa shape index (κ3) is 38.1. The van der Waals surface area contributed by atoms with Gasteiger partial charge in [-0.2, -0.15) is 0 Å². The summed E-state index contributed by atoms with van der Waals surface area (Å²) in [4.78, 5) is 37.0. The van der Waals surface area contributed by atoms with E-state index in [1.165, 1.54) is 51.4 Å². The molecule has 0 heterocycles. The minimum Gasteiger partial charge on any atom is -0.477 e. The number of likely N-dealkylation sites (N-methyl/N-ethyl adjacent to an activating group) is 1. The average molecular weight is 799 g/mol. The maximum Gasteiger partial charge on any atom is 0.362 e. The molecule has 0 saturated carbocycles. The number of ether oxygens (including phenoxy) is 3. The Morgan fingerprint density at radius 2 is 0.930 bits per heavy atom. The van der Waals surface area contributed by atoms with E-state index < -0.39 is 18.1 Å². The molecule has 0 bridgehead atoms. The van der Waals surface area contributed by atoms with E-state index in [2.05, 4.69) is 80.7 Å². The van der Waals surface area contributed by atoms with Crippen molar-refractivity contribution in [1.29, 1.82) is 0 Å². The van der Waals surface area contributed by atoms with Crippen LogP contribution in [0.15, 0.2) is 72.9 Å². The number of unbranched alkanes of at least 4 members (excludes halogenated alkanes) is 17. The number of aliphatic carboxylic acids is 1. The number of allylic oxidation sites excluding steroid dienone is 12. The molecule has 8 nitrogen and oxygen atoms in total. The second kappa shape index (κ2) is 39.6. The van der Waals surface area contributed by atoms with Crippen LogP contribution in [-0.4, -0.2) is 80.6 Å². The Labute approximate surface area is 349 Å². The van der Waals surface area contributed by atoms with Crippen LogP contribution in [0.25, 0.3) is 0 Å². The van der Waals surface area contributed by atoms with Crippen molar-refractivity contribution in [1.82, 2.24) is 0 Å². The first-order valence-electron chi connectivity index (χ1n) is 22.5. The fourth-order valence-corrected chi connectivity index (χ4v) is 6.15. The van der Waals surface area contributed by atoms with Crippen molar-refractivity contribution < 1.29 is 38.2 Å². The summed E-state index contributed by atoms with van der Waals surface area (Å²) < 4.78 is 17.3. The molecule has 326 valence electrons. The molecule has 0 saturated heterocycles. The zero-order chi connectivity index (χ0) is 42.1.